The lowest BCUT2D eigenvalue weighted by Crippen LogP contribution is -2.42. The summed E-state index contributed by atoms with van der Waals surface area (Å²) in [5.41, 5.74) is 2.48. The number of aliphatic carboxylic acids is 1. The zero-order valence-corrected chi connectivity index (χ0v) is 19.1. The largest absolute Gasteiger partial charge is 0.481 e. The van der Waals surface area contributed by atoms with Crippen molar-refractivity contribution in [1.82, 2.24) is 4.98 Å². The standard InChI is InChI=1S/C27H31NO5/c1-27(2,19-32-17-20-9-5-3-6-10-20)26(33-18-21-11-7-4-8-12-21)25(31)22-15-16-28-23(22)13-14-24(29)30/h3-12,15-16,26,28H,13-14,17-19H2,1-2H3,(H,29,30). The van der Waals surface area contributed by atoms with Crippen LogP contribution in [-0.2, 0) is 33.9 Å². The molecule has 0 saturated heterocycles. The predicted molar refractivity (Wildman–Crippen MR) is 126 cm³/mol. The molecule has 6 heteroatoms. The Morgan fingerprint density at radius 1 is 0.939 bits per heavy atom. The van der Waals surface area contributed by atoms with Crippen molar-refractivity contribution in [2.45, 2.75) is 46.0 Å². The average Bonchev–Trinajstić information content (AvgIpc) is 3.27. The summed E-state index contributed by atoms with van der Waals surface area (Å²) in [4.78, 5) is 27.7. The van der Waals surface area contributed by atoms with Crippen molar-refractivity contribution in [2.75, 3.05) is 6.61 Å². The molecule has 2 N–H and O–H groups in total. The SMILES string of the molecule is CC(C)(COCc1ccccc1)C(OCc1ccccc1)C(=O)c1cc[nH]c1CCC(=O)O. The highest BCUT2D eigenvalue weighted by atomic mass is 16.5. The van der Waals surface area contributed by atoms with E-state index < -0.39 is 17.5 Å². The summed E-state index contributed by atoms with van der Waals surface area (Å²) in [7, 11) is 0. The second-order valence-corrected chi connectivity index (χ2v) is 8.77. The minimum absolute atomic E-state index is 0.0556. The van der Waals surface area contributed by atoms with Gasteiger partial charge in [0, 0.05) is 22.9 Å². The van der Waals surface area contributed by atoms with Crippen molar-refractivity contribution in [3.63, 3.8) is 0 Å². The van der Waals surface area contributed by atoms with Crippen molar-refractivity contribution < 1.29 is 24.2 Å². The van der Waals surface area contributed by atoms with E-state index in [1.807, 2.05) is 74.5 Å². The third-order valence-corrected chi connectivity index (χ3v) is 5.48. The first-order valence-electron chi connectivity index (χ1n) is 11.1. The van der Waals surface area contributed by atoms with E-state index >= 15 is 0 Å². The summed E-state index contributed by atoms with van der Waals surface area (Å²) < 4.78 is 12.2. The molecule has 174 valence electrons. The van der Waals surface area contributed by atoms with Gasteiger partial charge in [0.25, 0.3) is 0 Å². The highest BCUT2D eigenvalue weighted by molar-refractivity contribution is 6.01. The van der Waals surface area contributed by atoms with Crippen LogP contribution < -0.4 is 0 Å². The van der Waals surface area contributed by atoms with E-state index in [4.69, 9.17) is 14.6 Å². The fourth-order valence-electron chi connectivity index (χ4n) is 3.71. The van der Waals surface area contributed by atoms with Crippen molar-refractivity contribution >= 4 is 11.8 Å². The summed E-state index contributed by atoms with van der Waals surface area (Å²) in [6.07, 6.45) is 1.09. The molecule has 1 aromatic heterocycles. The number of ether oxygens (including phenoxy) is 2. The predicted octanol–water partition coefficient (Wildman–Crippen LogP) is 5.04. The third-order valence-electron chi connectivity index (χ3n) is 5.48. The smallest absolute Gasteiger partial charge is 0.303 e. The number of rotatable bonds is 13. The van der Waals surface area contributed by atoms with Crippen LogP contribution in [0.1, 0.15) is 47.4 Å². The van der Waals surface area contributed by atoms with Gasteiger partial charge in [-0.1, -0.05) is 74.5 Å². The van der Waals surface area contributed by atoms with Gasteiger partial charge in [0.2, 0.25) is 0 Å². The second kappa shape index (κ2) is 11.6. The van der Waals surface area contributed by atoms with Crippen molar-refractivity contribution in [1.29, 1.82) is 0 Å². The molecule has 0 saturated carbocycles. The number of benzene rings is 2. The number of hydrogen-bond acceptors (Lipinski definition) is 4. The fourth-order valence-corrected chi connectivity index (χ4v) is 3.71. The Bertz CT molecular complexity index is 1030. The number of carboxylic acids is 1. The van der Waals surface area contributed by atoms with Gasteiger partial charge in [0.1, 0.15) is 6.10 Å². The molecular weight excluding hydrogens is 418 g/mol. The number of aryl methyl sites for hydroxylation is 1. The Balaban J connectivity index is 1.76. The molecule has 3 aromatic rings. The Morgan fingerprint density at radius 2 is 1.55 bits per heavy atom. The summed E-state index contributed by atoms with van der Waals surface area (Å²) >= 11 is 0. The van der Waals surface area contributed by atoms with Crippen molar-refractivity contribution in [3.05, 3.63) is 95.3 Å². The second-order valence-electron chi connectivity index (χ2n) is 8.77. The average molecular weight is 450 g/mol. The number of Topliss-reactive ketones (excluding diaryl/α,β-unsaturated/α-hetero) is 1. The maximum atomic E-state index is 13.6. The summed E-state index contributed by atoms with van der Waals surface area (Å²) in [5.74, 6) is -1.09. The molecule has 0 bridgehead atoms. The molecule has 2 aromatic carbocycles. The third kappa shape index (κ3) is 7.14. The fraction of sp³-hybridized carbons (Fsp3) is 0.333. The van der Waals surface area contributed by atoms with Gasteiger partial charge in [-0.2, -0.15) is 0 Å². The van der Waals surface area contributed by atoms with Gasteiger partial charge in [0.05, 0.1) is 26.2 Å². The van der Waals surface area contributed by atoms with E-state index in [0.29, 0.717) is 24.5 Å². The molecule has 0 radical (unpaired) electrons. The van der Waals surface area contributed by atoms with Gasteiger partial charge in [-0.05, 0) is 23.6 Å². The highest BCUT2D eigenvalue weighted by Gasteiger charge is 2.38. The number of ketones is 1. The Hall–Kier alpha value is -3.22. The molecule has 33 heavy (non-hydrogen) atoms. The molecule has 0 amide bonds. The molecule has 3 rings (SSSR count). The van der Waals surface area contributed by atoms with E-state index in [2.05, 4.69) is 4.98 Å². The van der Waals surface area contributed by atoms with Gasteiger partial charge >= 0.3 is 5.97 Å². The first kappa shape index (κ1) is 24.4. The zero-order chi connectivity index (χ0) is 23.7. The van der Waals surface area contributed by atoms with E-state index in [9.17, 15) is 9.59 Å². The molecular formula is C27H31NO5. The van der Waals surface area contributed by atoms with E-state index in [0.717, 1.165) is 11.1 Å². The number of hydrogen-bond donors (Lipinski definition) is 2. The van der Waals surface area contributed by atoms with E-state index in [-0.39, 0.29) is 25.2 Å². The quantitative estimate of drug-likeness (QED) is 0.357. The van der Waals surface area contributed by atoms with Crippen LogP contribution in [0.5, 0.6) is 0 Å². The lowest BCUT2D eigenvalue weighted by Gasteiger charge is -2.33. The van der Waals surface area contributed by atoms with Gasteiger partial charge in [-0.3, -0.25) is 9.59 Å². The maximum Gasteiger partial charge on any atom is 0.303 e. The minimum Gasteiger partial charge on any atom is -0.481 e. The number of aromatic amines is 1. The summed E-state index contributed by atoms with van der Waals surface area (Å²) in [5, 5.41) is 9.04. The van der Waals surface area contributed by atoms with Crippen molar-refractivity contribution in [3.8, 4) is 0 Å². The van der Waals surface area contributed by atoms with Crippen LogP contribution in [0.3, 0.4) is 0 Å². The molecule has 1 unspecified atom stereocenters. The topological polar surface area (TPSA) is 88.6 Å². The molecule has 0 fully saturated rings. The van der Waals surface area contributed by atoms with E-state index in [1.165, 1.54) is 0 Å². The van der Waals surface area contributed by atoms with Crippen LogP contribution in [0.2, 0.25) is 0 Å². The normalized spacial score (nSPS) is 12.4. The maximum absolute atomic E-state index is 13.6. The van der Waals surface area contributed by atoms with Crippen LogP contribution in [0, 0.1) is 5.41 Å². The first-order chi connectivity index (χ1) is 15.9. The van der Waals surface area contributed by atoms with Gasteiger partial charge < -0.3 is 19.6 Å². The van der Waals surface area contributed by atoms with Crippen LogP contribution in [0.15, 0.2) is 72.9 Å². The van der Waals surface area contributed by atoms with E-state index in [1.54, 1.807) is 12.3 Å². The van der Waals surface area contributed by atoms with Crippen LogP contribution in [0.4, 0.5) is 0 Å². The van der Waals surface area contributed by atoms with Crippen LogP contribution >= 0.6 is 0 Å². The highest BCUT2D eigenvalue weighted by Crippen LogP contribution is 2.29. The lowest BCUT2D eigenvalue weighted by atomic mass is 9.82. The number of aromatic nitrogens is 1. The Kier molecular flexibility index (Phi) is 8.58. The molecule has 0 aliphatic heterocycles. The molecule has 0 aliphatic rings. The number of carbonyl (C=O) groups is 2. The molecule has 0 spiro atoms. The summed E-state index contributed by atoms with van der Waals surface area (Å²) in [6, 6.07) is 21.3. The van der Waals surface area contributed by atoms with Crippen LogP contribution in [0.25, 0.3) is 0 Å². The Labute approximate surface area is 194 Å². The molecule has 6 nitrogen and oxygen atoms in total. The zero-order valence-electron chi connectivity index (χ0n) is 19.1. The van der Waals surface area contributed by atoms with Crippen molar-refractivity contribution in [2.24, 2.45) is 5.41 Å². The Morgan fingerprint density at radius 3 is 2.15 bits per heavy atom. The first-order valence-corrected chi connectivity index (χ1v) is 11.1. The lowest BCUT2D eigenvalue weighted by molar-refractivity contribution is -0.136. The number of nitrogens with one attached hydrogen (secondary N) is 1. The minimum atomic E-state index is -0.908. The number of carboxylic acid groups (broad SMARTS) is 1. The van der Waals surface area contributed by atoms with Crippen LogP contribution in [-0.4, -0.2) is 34.6 Å². The summed E-state index contributed by atoms with van der Waals surface area (Å²) in [6.45, 7) is 4.96. The molecule has 1 heterocycles. The van der Waals surface area contributed by atoms with Gasteiger partial charge in [0.15, 0.2) is 5.78 Å². The number of carbonyl (C=O) groups excluding carboxylic acids is 1. The molecule has 0 aliphatic carbocycles. The van der Waals surface area contributed by atoms with Gasteiger partial charge in [-0.25, -0.2) is 0 Å². The van der Waals surface area contributed by atoms with Gasteiger partial charge in [-0.15, -0.1) is 0 Å². The monoisotopic (exact) mass is 449 g/mol. The molecule has 1 atom stereocenters. The number of H-pyrrole nitrogens is 1.